The maximum absolute atomic E-state index is 15.6. The maximum Gasteiger partial charge on any atom is 0.201 e. The molecule has 3 aromatic carbocycles. The number of para-hydroxylation sites is 1. The Bertz CT molecular complexity index is 1290. The van der Waals surface area contributed by atoms with Gasteiger partial charge in [-0.3, -0.25) is 9.59 Å². The number of phenols is 2. The predicted molar refractivity (Wildman–Crippen MR) is 109 cm³/mol. The fraction of sp³-hybridized carbons (Fsp3) is 0.0476. The van der Waals surface area contributed by atoms with Crippen LogP contribution < -0.4 is 10.1 Å². The van der Waals surface area contributed by atoms with Crippen LogP contribution in [0, 0.1) is 11.6 Å². The van der Waals surface area contributed by atoms with Gasteiger partial charge < -0.3 is 20.3 Å². The zero-order valence-electron chi connectivity index (χ0n) is 15.5. The van der Waals surface area contributed by atoms with E-state index in [2.05, 4.69) is 5.32 Å². The highest BCUT2D eigenvalue weighted by Crippen LogP contribution is 2.46. The monoisotopic (exact) mass is 465 g/mol. The van der Waals surface area contributed by atoms with Crippen molar-refractivity contribution >= 4 is 46.1 Å². The number of halogens is 4. The highest BCUT2D eigenvalue weighted by molar-refractivity contribution is 6.39. The predicted octanol–water partition coefficient (Wildman–Crippen LogP) is 5.21. The maximum atomic E-state index is 15.6. The first-order chi connectivity index (χ1) is 14.7. The summed E-state index contributed by atoms with van der Waals surface area (Å²) >= 11 is 12.2. The van der Waals surface area contributed by atoms with Crippen molar-refractivity contribution in [3.05, 3.63) is 74.3 Å². The number of carbonyl (C=O) groups excluding carboxylic acids is 2. The van der Waals surface area contributed by atoms with Crippen LogP contribution in [0.15, 0.2) is 30.3 Å². The molecule has 3 N–H and O–H groups in total. The van der Waals surface area contributed by atoms with Gasteiger partial charge in [-0.15, -0.1) is 0 Å². The minimum absolute atomic E-state index is 0.0119. The number of nitrogens with one attached hydrogen (secondary N) is 1. The van der Waals surface area contributed by atoms with E-state index in [0.29, 0.717) is 0 Å². The van der Waals surface area contributed by atoms with E-state index in [1.54, 1.807) is 0 Å². The van der Waals surface area contributed by atoms with E-state index in [1.165, 1.54) is 18.2 Å². The van der Waals surface area contributed by atoms with Gasteiger partial charge in [0.15, 0.2) is 17.4 Å². The molecule has 158 valence electrons. The Balaban J connectivity index is 2.03. The van der Waals surface area contributed by atoms with Crippen molar-refractivity contribution in [1.29, 1.82) is 0 Å². The van der Waals surface area contributed by atoms with E-state index in [-0.39, 0.29) is 15.7 Å². The van der Waals surface area contributed by atoms with E-state index in [9.17, 15) is 19.8 Å². The van der Waals surface area contributed by atoms with Gasteiger partial charge in [-0.05, 0) is 24.3 Å². The van der Waals surface area contributed by atoms with Gasteiger partial charge in [0, 0.05) is 0 Å². The number of benzene rings is 3. The number of hydrogen-bond donors (Lipinski definition) is 3. The Morgan fingerprint density at radius 2 is 1.29 bits per heavy atom. The summed E-state index contributed by atoms with van der Waals surface area (Å²) < 4.78 is 35.9. The van der Waals surface area contributed by atoms with Crippen LogP contribution in [0.2, 0.25) is 10.0 Å². The second-order valence-corrected chi connectivity index (χ2v) is 7.33. The smallest absolute Gasteiger partial charge is 0.201 e. The number of phenolic OH excluding ortho intramolecular Hbond substituents is 2. The second kappa shape index (κ2) is 7.40. The van der Waals surface area contributed by atoms with Crippen LogP contribution in [-0.2, 0) is 0 Å². The van der Waals surface area contributed by atoms with Gasteiger partial charge in [-0.25, -0.2) is 8.78 Å². The molecule has 0 amide bonds. The zero-order chi connectivity index (χ0) is 22.6. The molecule has 0 fully saturated rings. The van der Waals surface area contributed by atoms with E-state index in [1.807, 2.05) is 0 Å². The highest BCUT2D eigenvalue weighted by atomic mass is 35.5. The molecule has 0 bridgehead atoms. The molecule has 0 saturated heterocycles. The van der Waals surface area contributed by atoms with E-state index < -0.39 is 68.4 Å². The Morgan fingerprint density at radius 1 is 0.806 bits per heavy atom. The number of ether oxygens (including phenoxy) is 1. The third-order valence-electron chi connectivity index (χ3n) is 4.82. The number of aromatic hydroxyl groups is 2. The fourth-order valence-corrected chi connectivity index (χ4v) is 3.92. The lowest BCUT2D eigenvalue weighted by Gasteiger charge is -2.24. The minimum Gasteiger partial charge on any atom is -0.507 e. The van der Waals surface area contributed by atoms with Crippen molar-refractivity contribution in [2.45, 2.75) is 0 Å². The van der Waals surface area contributed by atoms with Gasteiger partial charge in [0.1, 0.15) is 17.2 Å². The fourth-order valence-electron chi connectivity index (χ4n) is 3.43. The number of ketones is 2. The standard InChI is InChI=1S/C21H11Cl2F2NO5/c1-31-21-16(25)14-13(15(24)18(21)26-17-7(22)3-2-4-8(17)23)19(29)11-9(27)5-6-10(28)12(11)20(14)30/h2-6,26-28H,1H3. The molecule has 0 aromatic heterocycles. The Morgan fingerprint density at radius 3 is 1.77 bits per heavy atom. The first kappa shape index (κ1) is 20.9. The molecule has 0 aliphatic heterocycles. The minimum atomic E-state index is -1.34. The van der Waals surface area contributed by atoms with Crippen LogP contribution in [0.3, 0.4) is 0 Å². The number of carbonyl (C=O) groups is 2. The molecule has 1 aliphatic rings. The summed E-state index contributed by atoms with van der Waals surface area (Å²) in [5, 5.41) is 22.7. The van der Waals surface area contributed by atoms with Crippen LogP contribution >= 0.6 is 23.2 Å². The molecule has 1 aliphatic carbocycles. The molecule has 31 heavy (non-hydrogen) atoms. The van der Waals surface area contributed by atoms with Gasteiger partial charge in [0.25, 0.3) is 0 Å². The van der Waals surface area contributed by atoms with E-state index in [0.717, 1.165) is 19.2 Å². The first-order valence-electron chi connectivity index (χ1n) is 8.63. The van der Waals surface area contributed by atoms with Crippen LogP contribution in [0.4, 0.5) is 20.2 Å². The van der Waals surface area contributed by atoms with Crippen molar-refractivity contribution in [3.63, 3.8) is 0 Å². The zero-order valence-corrected chi connectivity index (χ0v) is 17.0. The molecule has 10 heteroatoms. The summed E-state index contributed by atoms with van der Waals surface area (Å²) in [5.41, 5.74) is -3.74. The molecule has 6 nitrogen and oxygen atoms in total. The summed E-state index contributed by atoms with van der Waals surface area (Å²) in [6.45, 7) is 0. The lowest BCUT2D eigenvalue weighted by Crippen LogP contribution is -2.25. The summed E-state index contributed by atoms with van der Waals surface area (Å²) in [6, 6.07) is 6.35. The molecule has 0 spiro atoms. The molecular formula is C21H11Cl2F2NO5. The van der Waals surface area contributed by atoms with Gasteiger partial charge in [0.2, 0.25) is 11.6 Å². The Kier molecular flexibility index (Phi) is 4.99. The van der Waals surface area contributed by atoms with Crippen LogP contribution in [0.5, 0.6) is 17.2 Å². The third kappa shape index (κ3) is 2.98. The van der Waals surface area contributed by atoms with Gasteiger partial charge in [0.05, 0.1) is 45.1 Å². The van der Waals surface area contributed by atoms with Crippen LogP contribution in [0.1, 0.15) is 31.8 Å². The number of methoxy groups -OCH3 is 1. The van der Waals surface area contributed by atoms with E-state index >= 15 is 8.78 Å². The van der Waals surface area contributed by atoms with Crippen LogP contribution in [-0.4, -0.2) is 28.9 Å². The molecule has 0 heterocycles. The Labute approximate surface area is 183 Å². The molecule has 0 atom stereocenters. The van der Waals surface area contributed by atoms with Gasteiger partial charge in [-0.1, -0.05) is 29.3 Å². The molecule has 0 radical (unpaired) electrons. The van der Waals surface area contributed by atoms with Gasteiger partial charge in [-0.2, -0.15) is 0 Å². The van der Waals surface area contributed by atoms with Crippen molar-refractivity contribution in [1.82, 2.24) is 0 Å². The number of anilines is 2. The quantitative estimate of drug-likeness (QED) is 0.359. The molecule has 4 rings (SSSR count). The topological polar surface area (TPSA) is 95.9 Å². The largest absolute Gasteiger partial charge is 0.507 e. The van der Waals surface area contributed by atoms with Crippen molar-refractivity contribution in [2.24, 2.45) is 0 Å². The first-order valence-corrected chi connectivity index (χ1v) is 9.38. The average molecular weight is 466 g/mol. The normalized spacial score (nSPS) is 12.4. The summed E-state index contributed by atoms with van der Waals surface area (Å²) in [7, 11) is 1.04. The van der Waals surface area contributed by atoms with Gasteiger partial charge >= 0.3 is 0 Å². The lowest BCUT2D eigenvalue weighted by molar-refractivity contribution is 0.0966. The number of hydrogen-bond acceptors (Lipinski definition) is 6. The molecule has 0 saturated carbocycles. The number of fused-ring (bicyclic) bond motifs is 2. The Hall–Kier alpha value is -3.36. The SMILES string of the molecule is COc1c(F)c2c(c(F)c1Nc1c(Cl)cccc1Cl)C(=O)c1c(O)ccc(O)c1C2=O. The second-order valence-electron chi connectivity index (χ2n) is 6.52. The lowest BCUT2D eigenvalue weighted by atomic mass is 9.82. The molecule has 0 unspecified atom stereocenters. The summed E-state index contributed by atoms with van der Waals surface area (Å²) in [4.78, 5) is 25.9. The summed E-state index contributed by atoms with van der Waals surface area (Å²) in [5.74, 6) is -7.08. The van der Waals surface area contributed by atoms with E-state index in [4.69, 9.17) is 27.9 Å². The molecule has 3 aromatic rings. The van der Waals surface area contributed by atoms with Crippen LogP contribution in [0.25, 0.3) is 0 Å². The van der Waals surface area contributed by atoms with Crippen molar-refractivity contribution < 1.29 is 33.3 Å². The molecular weight excluding hydrogens is 455 g/mol. The highest BCUT2D eigenvalue weighted by Gasteiger charge is 2.41. The third-order valence-corrected chi connectivity index (χ3v) is 5.45. The average Bonchev–Trinajstić information content (AvgIpc) is 2.72. The van der Waals surface area contributed by atoms with Crippen molar-refractivity contribution in [2.75, 3.05) is 12.4 Å². The number of rotatable bonds is 3. The summed E-state index contributed by atoms with van der Waals surface area (Å²) in [6.07, 6.45) is 0. The van der Waals surface area contributed by atoms with Crippen molar-refractivity contribution in [3.8, 4) is 17.2 Å².